The first-order valence-electron chi connectivity index (χ1n) is 5.34. The van der Waals surface area contributed by atoms with E-state index in [0.29, 0.717) is 0 Å². The van der Waals surface area contributed by atoms with Crippen molar-refractivity contribution in [2.45, 2.75) is 26.3 Å². The fraction of sp³-hybridized carbons (Fsp3) is 0.417. The van der Waals surface area contributed by atoms with Gasteiger partial charge in [-0.25, -0.2) is 4.98 Å². The van der Waals surface area contributed by atoms with Crippen molar-refractivity contribution in [1.29, 1.82) is 0 Å². The average Bonchev–Trinajstić information content (AvgIpc) is 2.68. The zero-order valence-electron chi connectivity index (χ0n) is 9.23. The van der Waals surface area contributed by atoms with Crippen molar-refractivity contribution in [1.82, 2.24) is 9.55 Å². The third kappa shape index (κ3) is 1.96. The lowest BCUT2D eigenvalue weighted by atomic mass is 10.3. The van der Waals surface area contributed by atoms with E-state index in [1.165, 1.54) is 12.8 Å². The minimum absolute atomic E-state index is 0.890. The molecule has 3 heteroatoms. The number of imidazole rings is 1. The van der Waals surface area contributed by atoms with E-state index in [4.69, 9.17) is 4.74 Å². The Balaban J connectivity index is 2.38. The number of hydrogen-bond acceptors (Lipinski definition) is 2. The summed E-state index contributed by atoms with van der Waals surface area (Å²) in [5, 5.41) is 0. The summed E-state index contributed by atoms with van der Waals surface area (Å²) in [6.07, 6.45) is 4.28. The van der Waals surface area contributed by atoms with Crippen LogP contribution in [0.2, 0.25) is 0 Å². The standard InChI is InChI=1S/C12H16N2O/c1-3-4-7-14-9-13-11-6-5-10(15-2)8-12(11)14/h5-6,8-9H,3-4,7H2,1-2H3. The molecule has 0 unspecified atom stereocenters. The maximum absolute atomic E-state index is 5.21. The topological polar surface area (TPSA) is 27.1 Å². The molecule has 15 heavy (non-hydrogen) atoms. The smallest absolute Gasteiger partial charge is 0.121 e. The molecule has 1 heterocycles. The summed E-state index contributed by atoms with van der Waals surface area (Å²) in [5.41, 5.74) is 2.19. The second-order valence-corrected chi connectivity index (χ2v) is 3.65. The van der Waals surface area contributed by atoms with Crippen LogP contribution in [0.25, 0.3) is 11.0 Å². The van der Waals surface area contributed by atoms with Crippen molar-refractivity contribution in [3.8, 4) is 5.75 Å². The maximum atomic E-state index is 5.21. The summed E-state index contributed by atoms with van der Waals surface area (Å²) in [5.74, 6) is 0.890. The zero-order valence-corrected chi connectivity index (χ0v) is 9.23. The van der Waals surface area contributed by atoms with Crippen LogP contribution in [0.3, 0.4) is 0 Å². The van der Waals surface area contributed by atoms with E-state index in [2.05, 4.69) is 16.5 Å². The van der Waals surface area contributed by atoms with Gasteiger partial charge in [-0.3, -0.25) is 0 Å². The van der Waals surface area contributed by atoms with Crippen LogP contribution in [0.4, 0.5) is 0 Å². The van der Waals surface area contributed by atoms with Crippen LogP contribution in [-0.4, -0.2) is 16.7 Å². The number of methoxy groups -OCH3 is 1. The van der Waals surface area contributed by atoms with E-state index in [1.54, 1.807) is 7.11 Å². The van der Waals surface area contributed by atoms with Crippen molar-refractivity contribution in [3.05, 3.63) is 24.5 Å². The molecule has 80 valence electrons. The van der Waals surface area contributed by atoms with Gasteiger partial charge in [0.1, 0.15) is 5.75 Å². The third-order valence-corrected chi connectivity index (χ3v) is 2.58. The highest BCUT2D eigenvalue weighted by Crippen LogP contribution is 2.20. The Kier molecular flexibility index (Phi) is 2.90. The Morgan fingerprint density at radius 1 is 1.40 bits per heavy atom. The van der Waals surface area contributed by atoms with E-state index in [-0.39, 0.29) is 0 Å². The molecule has 0 spiro atoms. The fourth-order valence-electron chi connectivity index (χ4n) is 1.67. The Morgan fingerprint density at radius 2 is 2.27 bits per heavy atom. The Bertz CT molecular complexity index is 448. The molecule has 0 radical (unpaired) electrons. The second kappa shape index (κ2) is 4.34. The van der Waals surface area contributed by atoms with Gasteiger partial charge in [0.2, 0.25) is 0 Å². The van der Waals surface area contributed by atoms with Crippen LogP contribution in [0.15, 0.2) is 24.5 Å². The van der Waals surface area contributed by atoms with Gasteiger partial charge >= 0.3 is 0 Å². The lowest BCUT2D eigenvalue weighted by Crippen LogP contribution is -1.95. The molecule has 0 fully saturated rings. The van der Waals surface area contributed by atoms with E-state index in [9.17, 15) is 0 Å². The van der Waals surface area contributed by atoms with Gasteiger partial charge in [0.25, 0.3) is 0 Å². The minimum Gasteiger partial charge on any atom is -0.497 e. The minimum atomic E-state index is 0.890. The number of benzene rings is 1. The highest BCUT2D eigenvalue weighted by atomic mass is 16.5. The highest BCUT2D eigenvalue weighted by Gasteiger charge is 2.03. The molecule has 0 saturated carbocycles. The van der Waals surface area contributed by atoms with Crippen molar-refractivity contribution in [2.24, 2.45) is 0 Å². The van der Waals surface area contributed by atoms with E-state index >= 15 is 0 Å². The van der Waals surface area contributed by atoms with Crippen molar-refractivity contribution in [3.63, 3.8) is 0 Å². The lowest BCUT2D eigenvalue weighted by molar-refractivity contribution is 0.415. The predicted molar refractivity (Wildman–Crippen MR) is 61.2 cm³/mol. The van der Waals surface area contributed by atoms with Gasteiger partial charge in [-0.2, -0.15) is 0 Å². The largest absolute Gasteiger partial charge is 0.497 e. The van der Waals surface area contributed by atoms with Crippen LogP contribution in [0.5, 0.6) is 5.75 Å². The molecule has 0 aliphatic carbocycles. The van der Waals surface area contributed by atoms with Crippen molar-refractivity contribution >= 4 is 11.0 Å². The molecule has 3 nitrogen and oxygen atoms in total. The molecule has 0 aliphatic heterocycles. The number of fused-ring (bicyclic) bond motifs is 1. The molecule has 0 saturated heterocycles. The number of rotatable bonds is 4. The van der Waals surface area contributed by atoms with Gasteiger partial charge in [-0.05, 0) is 18.6 Å². The number of aryl methyl sites for hydroxylation is 1. The van der Waals surface area contributed by atoms with Gasteiger partial charge in [-0.1, -0.05) is 13.3 Å². The number of ether oxygens (including phenoxy) is 1. The second-order valence-electron chi connectivity index (χ2n) is 3.65. The molecule has 0 aliphatic rings. The SMILES string of the molecule is CCCCn1cnc2ccc(OC)cc21. The average molecular weight is 204 g/mol. The molecule has 1 aromatic heterocycles. The molecule has 0 amide bonds. The van der Waals surface area contributed by atoms with Gasteiger partial charge in [0.15, 0.2) is 0 Å². The molecule has 0 N–H and O–H groups in total. The van der Waals surface area contributed by atoms with Crippen molar-refractivity contribution < 1.29 is 4.74 Å². The molecule has 0 bridgehead atoms. The number of nitrogens with zero attached hydrogens (tertiary/aromatic N) is 2. The summed E-state index contributed by atoms with van der Waals surface area (Å²) in [6.45, 7) is 3.22. The Labute approximate surface area is 89.7 Å². The first-order valence-corrected chi connectivity index (χ1v) is 5.34. The molecular weight excluding hydrogens is 188 g/mol. The summed E-state index contributed by atoms with van der Waals surface area (Å²) >= 11 is 0. The van der Waals surface area contributed by atoms with Gasteiger partial charge in [0, 0.05) is 12.6 Å². The number of hydrogen-bond donors (Lipinski definition) is 0. The van der Waals surface area contributed by atoms with E-state index in [1.807, 2.05) is 24.5 Å². The van der Waals surface area contributed by atoms with Gasteiger partial charge in [-0.15, -0.1) is 0 Å². The molecular formula is C12H16N2O. The Hall–Kier alpha value is -1.51. The summed E-state index contributed by atoms with van der Waals surface area (Å²) in [7, 11) is 1.69. The van der Waals surface area contributed by atoms with Crippen molar-refractivity contribution in [2.75, 3.05) is 7.11 Å². The quantitative estimate of drug-likeness (QED) is 0.765. The van der Waals surface area contributed by atoms with E-state index < -0.39 is 0 Å². The molecule has 0 atom stereocenters. The van der Waals surface area contributed by atoms with Crippen LogP contribution in [-0.2, 0) is 6.54 Å². The molecule has 2 aromatic rings. The first kappa shape index (κ1) is 10.0. The summed E-state index contributed by atoms with van der Waals surface area (Å²) < 4.78 is 7.39. The van der Waals surface area contributed by atoms with Gasteiger partial charge < -0.3 is 9.30 Å². The number of unbranched alkanes of at least 4 members (excludes halogenated alkanes) is 1. The van der Waals surface area contributed by atoms with Crippen LogP contribution >= 0.6 is 0 Å². The van der Waals surface area contributed by atoms with Gasteiger partial charge in [0.05, 0.1) is 24.5 Å². The highest BCUT2D eigenvalue weighted by molar-refractivity contribution is 5.76. The monoisotopic (exact) mass is 204 g/mol. The normalized spacial score (nSPS) is 10.8. The fourth-order valence-corrected chi connectivity index (χ4v) is 1.67. The maximum Gasteiger partial charge on any atom is 0.121 e. The van der Waals surface area contributed by atoms with Crippen LogP contribution in [0.1, 0.15) is 19.8 Å². The molecule has 2 rings (SSSR count). The lowest BCUT2D eigenvalue weighted by Gasteiger charge is -2.04. The molecule has 1 aromatic carbocycles. The zero-order chi connectivity index (χ0) is 10.7. The van der Waals surface area contributed by atoms with Crippen LogP contribution in [0, 0.1) is 0 Å². The summed E-state index contributed by atoms with van der Waals surface area (Å²) in [6, 6.07) is 5.98. The first-order chi connectivity index (χ1) is 7.35. The van der Waals surface area contributed by atoms with E-state index in [0.717, 1.165) is 23.3 Å². The van der Waals surface area contributed by atoms with Crippen LogP contribution < -0.4 is 4.74 Å². The third-order valence-electron chi connectivity index (χ3n) is 2.58. The summed E-state index contributed by atoms with van der Waals surface area (Å²) in [4.78, 5) is 4.35. The number of aromatic nitrogens is 2. The Morgan fingerprint density at radius 3 is 3.00 bits per heavy atom. The predicted octanol–water partition coefficient (Wildman–Crippen LogP) is 2.85.